The number of amides is 3. The quantitative estimate of drug-likeness (QED) is 0.328. The summed E-state index contributed by atoms with van der Waals surface area (Å²) in [7, 11) is 0. The molecule has 176 valence electrons. The molecule has 9 nitrogen and oxygen atoms in total. The predicted molar refractivity (Wildman–Crippen MR) is 124 cm³/mol. The summed E-state index contributed by atoms with van der Waals surface area (Å²) in [6.07, 6.45) is 0.253. The molecule has 2 heterocycles. The fourth-order valence-corrected chi connectivity index (χ4v) is 4.16. The third-order valence-electron chi connectivity index (χ3n) is 5.87. The van der Waals surface area contributed by atoms with E-state index in [9.17, 15) is 14.4 Å². The molecule has 1 aromatic heterocycles. The maximum absolute atomic E-state index is 12.8. The van der Waals surface area contributed by atoms with Gasteiger partial charge < -0.3 is 15.4 Å². The van der Waals surface area contributed by atoms with Crippen LogP contribution in [0.3, 0.4) is 0 Å². The highest BCUT2D eigenvalue weighted by Crippen LogP contribution is 2.22. The first-order chi connectivity index (χ1) is 16.4. The Morgan fingerprint density at radius 3 is 2.71 bits per heavy atom. The number of ether oxygens (including phenoxy) is 1. The zero-order valence-corrected chi connectivity index (χ0v) is 18.7. The normalized spacial score (nSPS) is 18.0. The summed E-state index contributed by atoms with van der Waals surface area (Å²) in [6.45, 7) is 2.59. The van der Waals surface area contributed by atoms with Crippen molar-refractivity contribution in [3.63, 3.8) is 0 Å². The average Bonchev–Trinajstić information content (AvgIpc) is 3.02. The van der Waals surface area contributed by atoms with Crippen LogP contribution in [0.15, 0.2) is 54.6 Å². The number of para-hydroxylation sites is 1. The van der Waals surface area contributed by atoms with E-state index in [0.717, 1.165) is 22.2 Å². The van der Waals surface area contributed by atoms with Crippen LogP contribution >= 0.6 is 0 Å². The summed E-state index contributed by atoms with van der Waals surface area (Å²) in [5, 5.41) is 15.5. The number of carbonyl (C=O) groups is 3. The molecule has 2 atom stereocenters. The summed E-state index contributed by atoms with van der Waals surface area (Å²) >= 11 is 0. The number of nitrogens with one attached hydrogen (secondary N) is 3. The van der Waals surface area contributed by atoms with Gasteiger partial charge in [0.25, 0.3) is 5.91 Å². The molecule has 1 saturated heterocycles. The first-order valence-corrected chi connectivity index (χ1v) is 11.0. The molecule has 2 aromatic carbocycles. The van der Waals surface area contributed by atoms with Gasteiger partial charge in [0.15, 0.2) is 0 Å². The van der Waals surface area contributed by atoms with Crippen LogP contribution in [-0.2, 0) is 16.2 Å². The Morgan fingerprint density at radius 1 is 1.18 bits per heavy atom. The Kier molecular flexibility index (Phi) is 7.03. The Bertz CT molecular complexity index is 1210. The van der Waals surface area contributed by atoms with Gasteiger partial charge in [-0.05, 0) is 49.7 Å². The maximum atomic E-state index is 12.8. The molecular formula is C25H26N4O5. The third-order valence-corrected chi connectivity index (χ3v) is 5.87. The number of carbonyl (C=O) groups excluding carboxylic acids is 3. The number of hydrogen-bond donors (Lipinski definition) is 4. The lowest BCUT2D eigenvalue weighted by atomic mass is 9.93. The van der Waals surface area contributed by atoms with Crippen LogP contribution in [0.4, 0.5) is 0 Å². The molecule has 0 radical (unpaired) electrons. The smallest absolute Gasteiger partial charge is 0.251 e. The number of aryl methyl sites for hydroxylation is 1. The van der Waals surface area contributed by atoms with E-state index in [1.54, 1.807) is 29.7 Å². The lowest BCUT2D eigenvalue weighted by Crippen LogP contribution is -2.46. The van der Waals surface area contributed by atoms with Crippen molar-refractivity contribution in [3.8, 4) is 5.75 Å². The Hall–Kier alpha value is -3.98. The molecular weight excluding hydrogens is 436 g/mol. The van der Waals surface area contributed by atoms with Crippen molar-refractivity contribution < 1.29 is 24.3 Å². The number of hydroxylamine groups is 1. The molecule has 3 amide bonds. The monoisotopic (exact) mass is 462 g/mol. The van der Waals surface area contributed by atoms with Gasteiger partial charge in [0, 0.05) is 41.2 Å². The fourth-order valence-electron chi connectivity index (χ4n) is 4.16. The van der Waals surface area contributed by atoms with E-state index in [2.05, 4.69) is 15.6 Å². The first kappa shape index (κ1) is 23.2. The van der Waals surface area contributed by atoms with E-state index in [0.29, 0.717) is 30.9 Å². The molecule has 0 aliphatic carbocycles. The van der Waals surface area contributed by atoms with Crippen LogP contribution in [0.25, 0.3) is 10.9 Å². The van der Waals surface area contributed by atoms with Crippen molar-refractivity contribution in [1.82, 2.24) is 21.1 Å². The number of rotatable bonds is 6. The average molecular weight is 463 g/mol. The van der Waals surface area contributed by atoms with Crippen LogP contribution < -0.4 is 20.9 Å². The van der Waals surface area contributed by atoms with E-state index < -0.39 is 23.8 Å². The van der Waals surface area contributed by atoms with Gasteiger partial charge in [0.05, 0.1) is 11.4 Å². The van der Waals surface area contributed by atoms with Crippen molar-refractivity contribution in [2.75, 3.05) is 6.54 Å². The van der Waals surface area contributed by atoms with Gasteiger partial charge in [-0.2, -0.15) is 0 Å². The molecule has 0 saturated carbocycles. The molecule has 0 unspecified atom stereocenters. The predicted octanol–water partition coefficient (Wildman–Crippen LogP) is 2.25. The number of pyridine rings is 1. The van der Waals surface area contributed by atoms with Gasteiger partial charge in [-0.3, -0.25) is 24.6 Å². The van der Waals surface area contributed by atoms with Crippen molar-refractivity contribution in [2.45, 2.75) is 32.4 Å². The molecule has 0 bridgehead atoms. The summed E-state index contributed by atoms with van der Waals surface area (Å²) in [5.74, 6) is -1.45. The molecule has 0 spiro atoms. The fraction of sp³-hybridized carbons (Fsp3) is 0.280. The van der Waals surface area contributed by atoms with Crippen molar-refractivity contribution in [2.24, 2.45) is 5.92 Å². The summed E-state index contributed by atoms with van der Waals surface area (Å²) in [4.78, 5) is 41.3. The summed E-state index contributed by atoms with van der Waals surface area (Å²) in [5.41, 5.74) is 4.82. The molecule has 1 aliphatic heterocycles. The Balaban J connectivity index is 1.42. The highest BCUT2D eigenvalue weighted by molar-refractivity contribution is 5.95. The van der Waals surface area contributed by atoms with Gasteiger partial charge in [0.1, 0.15) is 12.4 Å². The summed E-state index contributed by atoms with van der Waals surface area (Å²) < 4.78 is 5.94. The highest BCUT2D eigenvalue weighted by atomic mass is 16.5. The standard InChI is InChI=1S/C25H26N4O5/c1-15-12-17(19-4-2-3-5-21(19)27-15)14-34-18-8-6-16(7-9-18)24(31)28-22-13-23(30)26-11-10-20(22)25(32)29-33/h2-9,12,20,22,33H,10-11,13-14H2,1H3,(H,26,30)(H,28,31)(H,29,32)/t20-,22+/m0/s1. The molecule has 4 rings (SSSR count). The largest absolute Gasteiger partial charge is 0.489 e. The van der Waals surface area contributed by atoms with Gasteiger partial charge in [-0.15, -0.1) is 0 Å². The number of hydrogen-bond acceptors (Lipinski definition) is 6. The molecule has 1 aliphatic rings. The Morgan fingerprint density at radius 2 is 1.94 bits per heavy atom. The minimum Gasteiger partial charge on any atom is -0.489 e. The number of nitrogens with zero attached hydrogens (tertiary/aromatic N) is 1. The van der Waals surface area contributed by atoms with E-state index in [-0.39, 0.29) is 12.3 Å². The van der Waals surface area contributed by atoms with Crippen molar-refractivity contribution in [3.05, 3.63) is 71.4 Å². The Labute approximate surface area is 196 Å². The maximum Gasteiger partial charge on any atom is 0.251 e. The van der Waals surface area contributed by atoms with E-state index in [1.807, 2.05) is 37.3 Å². The van der Waals surface area contributed by atoms with Crippen LogP contribution in [0.2, 0.25) is 0 Å². The molecule has 34 heavy (non-hydrogen) atoms. The van der Waals surface area contributed by atoms with E-state index in [1.165, 1.54) is 0 Å². The van der Waals surface area contributed by atoms with Gasteiger partial charge >= 0.3 is 0 Å². The minimum absolute atomic E-state index is 0.0513. The van der Waals surface area contributed by atoms with Gasteiger partial charge in [0.2, 0.25) is 11.8 Å². The molecule has 1 fully saturated rings. The lowest BCUT2D eigenvalue weighted by Gasteiger charge is -2.23. The van der Waals surface area contributed by atoms with Crippen LogP contribution in [0.1, 0.15) is 34.5 Å². The topological polar surface area (TPSA) is 130 Å². The van der Waals surface area contributed by atoms with Gasteiger partial charge in [-0.1, -0.05) is 18.2 Å². The SMILES string of the molecule is Cc1cc(COc2ccc(C(=O)N[C@@H]3CC(=O)NCC[C@@H]3C(=O)NO)cc2)c2ccccc2n1. The minimum atomic E-state index is -0.735. The van der Waals surface area contributed by atoms with Crippen molar-refractivity contribution >= 4 is 28.6 Å². The molecule has 4 N–H and O–H groups in total. The second kappa shape index (κ2) is 10.3. The first-order valence-electron chi connectivity index (χ1n) is 11.0. The number of benzene rings is 2. The van der Waals surface area contributed by atoms with E-state index in [4.69, 9.17) is 9.94 Å². The zero-order chi connectivity index (χ0) is 24.1. The van der Waals surface area contributed by atoms with Crippen LogP contribution in [0, 0.1) is 12.8 Å². The molecule has 3 aromatic rings. The number of aromatic nitrogens is 1. The third kappa shape index (κ3) is 5.32. The van der Waals surface area contributed by atoms with E-state index >= 15 is 0 Å². The lowest BCUT2D eigenvalue weighted by molar-refractivity contribution is -0.134. The number of fused-ring (bicyclic) bond motifs is 1. The second-order valence-electron chi connectivity index (χ2n) is 8.26. The summed E-state index contributed by atoms with van der Waals surface area (Å²) in [6, 6.07) is 15.8. The second-order valence-corrected chi connectivity index (χ2v) is 8.26. The highest BCUT2D eigenvalue weighted by Gasteiger charge is 2.33. The van der Waals surface area contributed by atoms with Gasteiger partial charge in [-0.25, -0.2) is 5.48 Å². The van der Waals surface area contributed by atoms with Crippen LogP contribution in [0.5, 0.6) is 5.75 Å². The van der Waals surface area contributed by atoms with Crippen molar-refractivity contribution in [1.29, 1.82) is 0 Å². The zero-order valence-electron chi connectivity index (χ0n) is 18.7. The van der Waals surface area contributed by atoms with Crippen LogP contribution in [-0.4, -0.2) is 40.5 Å². The molecule has 9 heteroatoms.